The van der Waals surface area contributed by atoms with Crippen LogP contribution in [0.1, 0.15) is 29.4 Å². The van der Waals surface area contributed by atoms with Crippen LogP contribution < -0.4 is 5.32 Å². The Kier molecular flexibility index (Phi) is 4.79. The fraction of sp³-hybridized carbons (Fsp3) is 0.583. The van der Waals surface area contributed by atoms with Crippen molar-refractivity contribution >= 4 is 27.3 Å². The molecule has 0 atom stereocenters. The molecule has 2 heterocycles. The van der Waals surface area contributed by atoms with E-state index in [1.54, 1.807) is 6.92 Å². The van der Waals surface area contributed by atoms with Crippen molar-refractivity contribution in [2.24, 2.45) is 0 Å². The van der Waals surface area contributed by atoms with Gasteiger partial charge in [0.05, 0.1) is 0 Å². The van der Waals surface area contributed by atoms with E-state index >= 15 is 0 Å². The smallest absolute Gasteiger partial charge is 0.347 e. The Balaban J connectivity index is 2.36. The van der Waals surface area contributed by atoms with Crippen LogP contribution in [-0.4, -0.2) is 49.5 Å². The maximum atomic E-state index is 12.7. The van der Waals surface area contributed by atoms with Crippen LogP contribution in [0.3, 0.4) is 0 Å². The third kappa shape index (κ3) is 2.88. The second kappa shape index (κ2) is 6.21. The Bertz CT molecular complexity index is 576. The van der Waals surface area contributed by atoms with Crippen molar-refractivity contribution in [2.75, 3.05) is 19.6 Å². The first-order chi connectivity index (χ1) is 9.48. The summed E-state index contributed by atoms with van der Waals surface area (Å²) in [6, 6.07) is 1.32. The molecule has 0 saturated carbocycles. The zero-order valence-electron chi connectivity index (χ0n) is 11.2. The zero-order valence-corrected chi connectivity index (χ0v) is 12.8. The quantitative estimate of drug-likeness (QED) is 0.852. The van der Waals surface area contributed by atoms with Crippen LogP contribution in [0.4, 0.5) is 0 Å². The first kappa shape index (κ1) is 15.4. The van der Waals surface area contributed by atoms with Crippen LogP contribution in [0.2, 0.25) is 0 Å². The number of thiophene rings is 1. The van der Waals surface area contributed by atoms with Gasteiger partial charge in [0.2, 0.25) is 10.0 Å². The number of hydrogen-bond acceptors (Lipinski definition) is 5. The number of piperidine rings is 1. The van der Waals surface area contributed by atoms with Gasteiger partial charge in [-0.25, -0.2) is 13.2 Å². The zero-order chi connectivity index (χ0) is 14.8. The maximum absolute atomic E-state index is 12.7. The van der Waals surface area contributed by atoms with E-state index in [1.807, 2.05) is 0 Å². The Morgan fingerprint density at radius 3 is 2.70 bits per heavy atom. The highest BCUT2D eigenvalue weighted by atomic mass is 32.2. The molecule has 0 radical (unpaired) electrons. The summed E-state index contributed by atoms with van der Waals surface area (Å²) < 4.78 is 26.8. The molecule has 1 aromatic rings. The number of carboxylic acid groups (broad SMARTS) is 1. The number of aromatic carboxylic acids is 1. The van der Waals surface area contributed by atoms with Gasteiger partial charge in [-0.2, -0.15) is 4.31 Å². The van der Waals surface area contributed by atoms with Gasteiger partial charge in [-0.15, -0.1) is 11.3 Å². The van der Waals surface area contributed by atoms with Crippen molar-refractivity contribution in [1.82, 2.24) is 9.62 Å². The second-order valence-corrected chi connectivity index (χ2v) is 7.38. The fourth-order valence-electron chi connectivity index (χ4n) is 2.50. The van der Waals surface area contributed by atoms with E-state index in [1.165, 1.54) is 15.8 Å². The molecule has 0 amide bonds. The summed E-state index contributed by atoms with van der Waals surface area (Å²) in [6.07, 6.45) is 1.50. The van der Waals surface area contributed by atoms with Crippen LogP contribution in [0, 0.1) is 0 Å². The number of carboxylic acids is 1. The predicted molar refractivity (Wildman–Crippen MR) is 76.7 cm³/mol. The van der Waals surface area contributed by atoms with Crippen LogP contribution in [0.25, 0.3) is 0 Å². The van der Waals surface area contributed by atoms with E-state index in [-0.39, 0.29) is 15.8 Å². The Morgan fingerprint density at radius 1 is 1.50 bits per heavy atom. The number of nitrogens with zero attached hydrogens (tertiary/aromatic N) is 1. The van der Waals surface area contributed by atoms with E-state index < -0.39 is 16.0 Å². The summed E-state index contributed by atoms with van der Waals surface area (Å²) in [4.78, 5) is 10.9. The topological polar surface area (TPSA) is 86.7 Å². The molecule has 6 nitrogen and oxygen atoms in total. The standard InChI is InChI=1S/C12H18N2O4S2/c1-2-14(9-3-6-13-7-4-9)20(17,18)10-5-8-19-11(10)12(15)16/h5,8-9,13H,2-4,6-7H2,1H3,(H,15,16). The fourth-order valence-corrected chi connectivity index (χ4v) is 5.43. The monoisotopic (exact) mass is 318 g/mol. The molecule has 112 valence electrons. The van der Waals surface area contributed by atoms with Gasteiger partial charge in [0.1, 0.15) is 9.77 Å². The first-order valence-corrected chi connectivity index (χ1v) is 8.83. The molecule has 1 fully saturated rings. The number of nitrogens with one attached hydrogen (secondary N) is 1. The lowest BCUT2D eigenvalue weighted by molar-refractivity contribution is 0.0698. The van der Waals surface area contributed by atoms with Crippen LogP contribution in [0.5, 0.6) is 0 Å². The highest BCUT2D eigenvalue weighted by Gasteiger charge is 2.34. The third-order valence-electron chi connectivity index (χ3n) is 3.44. The van der Waals surface area contributed by atoms with Crippen molar-refractivity contribution in [3.63, 3.8) is 0 Å². The molecule has 1 aliphatic heterocycles. The van der Waals surface area contributed by atoms with Crippen molar-refractivity contribution in [3.8, 4) is 0 Å². The largest absolute Gasteiger partial charge is 0.477 e. The Hall–Kier alpha value is -0.960. The molecule has 1 aliphatic rings. The normalized spacial score (nSPS) is 17.5. The average Bonchev–Trinajstić information content (AvgIpc) is 2.90. The van der Waals surface area contributed by atoms with E-state index in [0.717, 1.165) is 37.3 Å². The lowest BCUT2D eigenvalue weighted by atomic mass is 10.1. The summed E-state index contributed by atoms with van der Waals surface area (Å²) in [5, 5.41) is 13.8. The van der Waals surface area contributed by atoms with Gasteiger partial charge < -0.3 is 10.4 Å². The number of carbonyl (C=O) groups is 1. The maximum Gasteiger partial charge on any atom is 0.347 e. The SMILES string of the molecule is CCN(C1CCNCC1)S(=O)(=O)c1ccsc1C(=O)O. The molecule has 1 aromatic heterocycles. The highest BCUT2D eigenvalue weighted by molar-refractivity contribution is 7.89. The molecule has 0 aliphatic carbocycles. The Labute approximate surface area is 122 Å². The second-order valence-electron chi connectivity index (χ2n) is 4.61. The Morgan fingerprint density at radius 2 is 2.15 bits per heavy atom. The van der Waals surface area contributed by atoms with Crippen molar-refractivity contribution in [1.29, 1.82) is 0 Å². The summed E-state index contributed by atoms with van der Waals surface area (Å²) in [5.41, 5.74) is 0. The van der Waals surface area contributed by atoms with E-state index in [2.05, 4.69) is 5.32 Å². The van der Waals surface area contributed by atoms with Crippen LogP contribution in [0.15, 0.2) is 16.3 Å². The molecular weight excluding hydrogens is 300 g/mol. The summed E-state index contributed by atoms with van der Waals surface area (Å²) >= 11 is 0.941. The van der Waals surface area contributed by atoms with E-state index in [9.17, 15) is 13.2 Å². The molecule has 0 aromatic carbocycles. The van der Waals surface area contributed by atoms with Gasteiger partial charge >= 0.3 is 5.97 Å². The molecule has 1 saturated heterocycles. The third-order valence-corrected chi connectivity index (χ3v) is 6.54. The highest BCUT2D eigenvalue weighted by Crippen LogP contribution is 2.28. The van der Waals surface area contributed by atoms with Gasteiger partial charge in [0.25, 0.3) is 0 Å². The van der Waals surface area contributed by atoms with E-state index in [0.29, 0.717) is 6.54 Å². The minimum absolute atomic E-state index is 0.0622. The van der Waals surface area contributed by atoms with Crippen LogP contribution >= 0.6 is 11.3 Å². The summed E-state index contributed by atoms with van der Waals surface area (Å²) in [7, 11) is -3.75. The minimum Gasteiger partial charge on any atom is -0.477 e. The van der Waals surface area contributed by atoms with Gasteiger partial charge in [-0.3, -0.25) is 0 Å². The van der Waals surface area contributed by atoms with Gasteiger partial charge in [-0.1, -0.05) is 6.92 Å². The lowest BCUT2D eigenvalue weighted by Crippen LogP contribution is -2.46. The van der Waals surface area contributed by atoms with E-state index in [4.69, 9.17) is 5.11 Å². The molecule has 8 heteroatoms. The molecule has 2 rings (SSSR count). The van der Waals surface area contributed by atoms with Gasteiger partial charge in [0.15, 0.2) is 0 Å². The number of sulfonamides is 1. The summed E-state index contributed by atoms with van der Waals surface area (Å²) in [6.45, 7) is 3.70. The van der Waals surface area contributed by atoms with Crippen LogP contribution in [-0.2, 0) is 10.0 Å². The molecule has 0 spiro atoms. The molecular formula is C12H18N2O4S2. The van der Waals surface area contributed by atoms with Gasteiger partial charge in [0, 0.05) is 12.6 Å². The average molecular weight is 318 g/mol. The van der Waals surface area contributed by atoms with Gasteiger partial charge in [-0.05, 0) is 37.4 Å². The van der Waals surface area contributed by atoms with Crippen molar-refractivity contribution in [2.45, 2.75) is 30.7 Å². The van der Waals surface area contributed by atoms with Crippen molar-refractivity contribution < 1.29 is 18.3 Å². The molecule has 0 unspecified atom stereocenters. The number of rotatable bonds is 5. The predicted octanol–water partition coefficient (Wildman–Crippen LogP) is 1.21. The van der Waals surface area contributed by atoms with Crippen molar-refractivity contribution in [3.05, 3.63) is 16.3 Å². The lowest BCUT2D eigenvalue weighted by Gasteiger charge is -2.32. The molecule has 20 heavy (non-hydrogen) atoms. The summed E-state index contributed by atoms with van der Waals surface area (Å²) in [5.74, 6) is -1.19. The minimum atomic E-state index is -3.75. The molecule has 2 N–H and O–H groups in total. The first-order valence-electron chi connectivity index (χ1n) is 6.51. The number of hydrogen-bond donors (Lipinski definition) is 2. The molecule has 0 bridgehead atoms.